The molecule has 0 aromatic heterocycles. The Hall–Kier alpha value is -0.810. The van der Waals surface area contributed by atoms with Crippen molar-refractivity contribution >= 4 is 6.03 Å². The molecule has 1 heterocycles. The second-order valence-electron chi connectivity index (χ2n) is 3.19. The zero-order valence-electron chi connectivity index (χ0n) is 7.46. The second-order valence-corrected chi connectivity index (χ2v) is 3.19. The van der Waals surface area contributed by atoms with Crippen molar-refractivity contribution in [2.45, 2.75) is 19.4 Å². The maximum Gasteiger partial charge on any atom is 0.331 e. The van der Waals surface area contributed by atoms with Crippen LogP contribution < -0.4 is 11.3 Å². The summed E-state index contributed by atoms with van der Waals surface area (Å²) < 4.78 is 5.43. The number of urea groups is 1. The van der Waals surface area contributed by atoms with Crippen LogP contribution in [0.4, 0.5) is 4.79 Å². The molecular weight excluding hydrogens is 158 g/mol. The van der Waals surface area contributed by atoms with Crippen LogP contribution in [0.25, 0.3) is 0 Å². The summed E-state index contributed by atoms with van der Waals surface area (Å²) in [6.45, 7) is 5.83. The average Bonchev–Trinajstić information content (AvgIpc) is 1.99. The molecule has 12 heavy (non-hydrogen) atoms. The molecule has 1 saturated heterocycles. The van der Waals surface area contributed by atoms with Crippen LogP contribution in [0.2, 0.25) is 0 Å². The van der Waals surface area contributed by atoms with Crippen LogP contribution in [-0.4, -0.2) is 36.2 Å². The highest BCUT2D eigenvalue weighted by molar-refractivity contribution is 5.74. The number of hydrazine groups is 1. The Bertz CT molecular complexity index is 177. The van der Waals surface area contributed by atoms with Gasteiger partial charge >= 0.3 is 6.03 Å². The van der Waals surface area contributed by atoms with E-state index in [1.807, 2.05) is 13.8 Å². The largest absolute Gasteiger partial charge is 0.372 e. The molecule has 1 aliphatic rings. The third kappa shape index (κ3) is 1.67. The lowest BCUT2D eigenvalue weighted by atomic mass is 9.97. The van der Waals surface area contributed by atoms with Crippen molar-refractivity contribution in [2.75, 3.05) is 19.7 Å². The minimum atomic E-state index is -0.243. The van der Waals surface area contributed by atoms with Crippen molar-refractivity contribution in [1.82, 2.24) is 10.3 Å². The van der Waals surface area contributed by atoms with Gasteiger partial charge in [0.25, 0.3) is 0 Å². The molecule has 0 aliphatic carbocycles. The second kappa shape index (κ2) is 3.28. The summed E-state index contributed by atoms with van der Waals surface area (Å²) in [5.74, 6) is 4.96. The van der Waals surface area contributed by atoms with Crippen LogP contribution in [-0.2, 0) is 4.74 Å². The number of ether oxygens (including phenoxy) is 1. The highest BCUT2D eigenvalue weighted by Crippen LogP contribution is 2.23. The number of likely N-dealkylation sites (tertiary alicyclic amines) is 1. The summed E-state index contributed by atoms with van der Waals surface area (Å²) in [6, 6.07) is -0.243. The average molecular weight is 173 g/mol. The summed E-state index contributed by atoms with van der Waals surface area (Å²) in [7, 11) is 0. The van der Waals surface area contributed by atoms with Crippen molar-refractivity contribution in [3.05, 3.63) is 0 Å². The van der Waals surface area contributed by atoms with E-state index in [0.717, 1.165) is 0 Å². The Morgan fingerprint density at radius 1 is 1.75 bits per heavy atom. The van der Waals surface area contributed by atoms with Gasteiger partial charge in [-0.05, 0) is 13.8 Å². The number of nitrogens with zero attached hydrogens (tertiary/aromatic N) is 1. The van der Waals surface area contributed by atoms with Crippen molar-refractivity contribution in [3.8, 4) is 0 Å². The van der Waals surface area contributed by atoms with E-state index in [-0.39, 0.29) is 11.6 Å². The predicted molar refractivity (Wildman–Crippen MR) is 44.3 cm³/mol. The number of nitrogens with one attached hydrogen (secondary N) is 1. The van der Waals surface area contributed by atoms with Crippen LogP contribution in [0.15, 0.2) is 0 Å². The first kappa shape index (κ1) is 9.28. The highest BCUT2D eigenvalue weighted by atomic mass is 16.5. The molecule has 0 atom stereocenters. The zero-order chi connectivity index (χ0) is 9.19. The van der Waals surface area contributed by atoms with Crippen molar-refractivity contribution in [3.63, 3.8) is 0 Å². The highest BCUT2D eigenvalue weighted by Gasteiger charge is 2.41. The molecule has 1 rings (SSSR count). The summed E-state index contributed by atoms with van der Waals surface area (Å²) in [5, 5.41) is 0. The standard InChI is InChI=1S/C7H15N3O2/c1-3-12-7(2)4-10(5-7)6(11)9-8/h3-5,8H2,1-2H3,(H,9,11). The summed E-state index contributed by atoms with van der Waals surface area (Å²) in [4.78, 5) is 12.5. The number of amides is 2. The number of hydrogen-bond donors (Lipinski definition) is 2. The molecule has 70 valence electrons. The lowest BCUT2D eigenvalue weighted by Crippen LogP contribution is -2.65. The van der Waals surface area contributed by atoms with Gasteiger partial charge in [0.1, 0.15) is 5.60 Å². The first-order valence-electron chi connectivity index (χ1n) is 4.01. The monoisotopic (exact) mass is 173 g/mol. The topological polar surface area (TPSA) is 67.6 Å². The van der Waals surface area contributed by atoms with Gasteiger partial charge in [0.2, 0.25) is 0 Å². The molecule has 5 heteroatoms. The number of carbonyl (C=O) groups excluding carboxylic acids is 1. The van der Waals surface area contributed by atoms with Gasteiger partial charge in [-0.25, -0.2) is 10.6 Å². The molecule has 2 amide bonds. The summed E-state index contributed by atoms with van der Waals surface area (Å²) in [5.41, 5.74) is 1.91. The van der Waals surface area contributed by atoms with Gasteiger partial charge in [-0.15, -0.1) is 0 Å². The minimum Gasteiger partial charge on any atom is -0.372 e. The van der Waals surface area contributed by atoms with Gasteiger partial charge in [0, 0.05) is 6.61 Å². The van der Waals surface area contributed by atoms with Gasteiger partial charge in [0.15, 0.2) is 0 Å². The molecule has 0 aromatic rings. The van der Waals surface area contributed by atoms with E-state index < -0.39 is 0 Å². The van der Waals surface area contributed by atoms with Crippen molar-refractivity contribution < 1.29 is 9.53 Å². The summed E-state index contributed by atoms with van der Waals surface area (Å²) >= 11 is 0. The van der Waals surface area contributed by atoms with Crippen molar-refractivity contribution in [1.29, 1.82) is 0 Å². The molecule has 0 spiro atoms. The Kier molecular flexibility index (Phi) is 2.54. The maximum atomic E-state index is 10.9. The van der Waals surface area contributed by atoms with E-state index in [9.17, 15) is 4.79 Å². The Labute approximate surface area is 71.8 Å². The molecule has 0 unspecified atom stereocenters. The third-order valence-electron chi connectivity index (χ3n) is 1.95. The predicted octanol–water partition coefficient (Wildman–Crippen LogP) is -0.319. The molecule has 0 bridgehead atoms. The Morgan fingerprint density at radius 3 is 2.75 bits per heavy atom. The first-order chi connectivity index (χ1) is 5.61. The van der Waals surface area contributed by atoms with Crippen LogP contribution in [0.1, 0.15) is 13.8 Å². The fraction of sp³-hybridized carbons (Fsp3) is 0.857. The molecular formula is C7H15N3O2. The van der Waals surface area contributed by atoms with Gasteiger partial charge in [-0.2, -0.15) is 0 Å². The minimum absolute atomic E-state index is 0.165. The van der Waals surface area contributed by atoms with Gasteiger partial charge in [-0.1, -0.05) is 0 Å². The molecule has 0 aromatic carbocycles. The van der Waals surface area contributed by atoms with E-state index in [4.69, 9.17) is 10.6 Å². The van der Waals surface area contributed by atoms with E-state index in [2.05, 4.69) is 5.43 Å². The van der Waals surface area contributed by atoms with E-state index in [1.54, 1.807) is 4.90 Å². The smallest absolute Gasteiger partial charge is 0.331 e. The number of rotatable bonds is 2. The quantitative estimate of drug-likeness (QED) is 0.341. The Morgan fingerprint density at radius 2 is 2.33 bits per heavy atom. The van der Waals surface area contributed by atoms with E-state index in [1.165, 1.54) is 0 Å². The third-order valence-corrected chi connectivity index (χ3v) is 1.95. The molecule has 0 saturated carbocycles. The Balaban J connectivity index is 2.31. The normalized spacial score (nSPS) is 20.1. The van der Waals surface area contributed by atoms with Crippen LogP contribution in [0.5, 0.6) is 0 Å². The SMILES string of the molecule is CCOC1(C)CN(C(=O)NN)C1. The molecule has 3 N–H and O–H groups in total. The molecule has 1 aliphatic heterocycles. The molecule has 1 fully saturated rings. The summed E-state index contributed by atoms with van der Waals surface area (Å²) in [6.07, 6.45) is 0. The number of nitrogens with two attached hydrogens (primary N) is 1. The van der Waals surface area contributed by atoms with E-state index in [0.29, 0.717) is 19.7 Å². The van der Waals surface area contributed by atoms with Crippen molar-refractivity contribution in [2.24, 2.45) is 5.84 Å². The lowest BCUT2D eigenvalue weighted by Gasteiger charge is -2.46. The maximum absolute atomic E-state index is 10.9. The molecule has 5 nitrogen and oxygen atoms in total. The fourth-order valence-corrected chi connectivity index (χ4v) is 1.44. The number of hydrogen-bond acceptors (Lipinski definition) is 3. The number of carbonyl (C=O) groups is 1. The van der Waals surface area contributed by atoms with E-state index >= 15 is 0 Å². The fourth-order valence-electron chi connectivity index (χ4n) is 1.44. The van der Waals surface area contributed by atoms with Crippen LogP contribution >= 0.6 is 0 Å². The van der Waals surface area contributed by atoms with Gasteiger partial charge < -0.3 is 9.64 Å². The van der Waals surface area contributed by atoms with Gasteiger partial charge in [-0.3, -0.25) is 5.43 Å². The first-order valence-corrected chi connectivity index (χ1v) is 4.01. The lowest BCUT2D eigenvalue weighted by molar-refractivity contribution is -0.110. The van der Waals surface area contributed by atoms with Crippen LogP contribution in [0.3, 0.4) is 0 Å². The van der Waals surface area contributed by atoms with Gasteiger partial charge in [0.05, 0.1) is 13.1 Å². The van der Waals surface area contributed by atoms with Crippen LogP contribution in [0, 0.1) is 0 Å². The molecule has 0 radical (unpaired) electrons. The zero-order valence-corrected chi connectivity index (χ0v) is 7.46.